The van der Waals surface area contributed by atoms with Gasteiger partial charge >= 0.3 is 0 Å². The van der Waals surface area contributed by atoms with Gasteiger partial charge in [-0.2, -0.15) is 0 Å². The lowest BCUT2D eigenvalue weighted by molar-refractivity contribution is 0.592. The highest BCUT2D eigenvalue weighted by Crippen LogP contribution is 2.29. The zero-order chi connectivity index (χ0) is 14.9. The molecule has 0 fully saturated rings. The predicted molar refractivity (Wildman–Crippen MR) is 97.3 cm³/mol. The Morgan fingerprint density at radius 1 is 1.22 bits per heavy atom. The molecule has 3 nitrogen and oxygen atoms in total. The highest BCUT2D eigenvalue weighted by atomic mass is 35.5. The molecule has 0 saturated carbocycles. The van der Waals surface area contributed by atoms with Gasteiger partial charge in [0.25, 0.3) is 0 Å². The van der Waals surface area contributed by atoms with Crippen LogP contribution >= 0.6 is 12.4 Å². The largest absolute Gasteiger partial charge is 0.344 e. The van der Waals surface area contributed by atoms with Crippen molar-refractivity contribution in [2.75, 3.05) is 6.54 Å². The maximum absolute atomic E-state index is 4.46. The zero-order valence-electron chi connectivity index (χ0n) is 13.4. The van der Waals surface area contributed by atoms with Crippen molar-refractivity contribution in [1.29, 1.82) is 0 Å². The molecule has 3 aromatic rings. The molecule has 0 aliphatic carbocycles. The van der Waals surface area contributed by atoms with E-state index in [1.54, 1.807) is 0 Å². The molecule has 0 atom stereocenters. The second-order valence-corrected chi connectivity index (χ2v) is 6.10. The molecule has 1 aliphatic rings. The molecule has 4 heteroatoms. The summed E-state index contributed by atoms with van der Waals surface area (Å²) < 4.78 is 2.51. The second kappa shape index (κ2) is 6.73. The Balaban J connectivity index is 0.00000156. The van der Waals surface area contributed by atoms with E-state index in [2.05, 4.69) is 52.1 Å². The van der Waals surface area contributed by atoms with Gasteiger partial charge in [0.15, 0.2) is 0 Å². The van der Waals surface area contributed by atoms with Gasteiger partial charge < -0.3 is 9.88 Å². The van der Waals surface area contributed by atoms with Gasteiger partial charge in [0.05, 0.1) is 0 Å². The van der Waals surface area contributed by atoms with Crippen LogP contribution in [0, 0.1) is 6.92 Å². The van der Waals surface area contributed by atoms with Crippen molar-refractivity contribution < 1.29 is 0 Å². The van der Waals surface area contributed by atoms with Gasteiger partial charge in [-0.15, -0.1) is 12.4 Å². The van der Waals surface area contributed by atoms with Crippen LogP contribution in [0.25, 0.3) is 10.9 Å². The molecule has 1 aromatic carbocycles. The number of halogens is 1. The van der Waals surface area contributed by atoms with Gasteiger partial charge in [-0.3, -0.25) is 4.98 Å². The molecule has 0 unspecified atom stereocenters. The van der Waals surface area contributed by atoms with Crippen molar-refractivity contribution in [2.45, 2.75) is 32.9 Å². The average Bonchev–Trinajstić information content (AvgIpc) is 2.87. The molecule has 0 spiro atoms. The van der Waals surface area contributed by atoms with E-state index in [9.17, 15) is 0 Å². The third-order valence-corrected chi connectivity index (χ3v) is 4.60. The molecule has 0 radical (unpaired) electrons. The topological polar surface area (TPSA) is 29.9 Å². The number of hydrogen-bond acceptors (Lipinski definition) is 2. The van der Waals surface area contributed by atoms with Crippen molar-refractivity contribution in [3.05, 3.63) is 65.1 Å². The summed E-state index contributed by atoms with van der Waals surface area (Å²) in [6.45, 7) is 5.25. The number of fused-ring (bicyclic) bond motifs is 3. The minimum Gasteiger partial charge on any atom is -0.344 e. The van der Waals surface area contributed by atoms with Crippen LogP contribution < -0.4 is 5.32 Å². The van der Waals surface area contributed by atoms with E-state index in [0.717, 1.165) is 32.5 Å². The maximum Gasteiger partial charge on any atom is 0.0486 e. The minimum atomic E-state index is 0. The van der Waals surface area contributed by atoms with Crippen molar-refractivity contribution in [1.82, 2.24) is 14.9 Å². The van der Waals surface area contributed by atoms with E-state index in [0.29, 0.717) is 0 Å². The van der Waals surface area contributed by atoms with Gasteiger partial charge in [-0.25, -0.2) is 0 Å². The van der Waals surface area contributed by atoms with E-state index < -0.39 is 0 Å². The van der Waals surface area contributed by atoms with Crippen LogP contribution in [0.1, 0.15) is 22.5 Å². The summed E-state index contributed by atoms with van der Waals surface area (Å²) in [7, 11) is 0. The molecule has 3 heterocycles. The number of aryl methyl sites for hydroxylation is 3. The summed E-state index contributed by atoms with van der Waals surface area (Å²) in [6, 6.07) is 13.0. The van der Waals surface area contributed by atoms with Crippen LogP contribution in [0.15, 0.2) is 42.6 Å². The van der Waals surface area contributed by atoms with Gasteiger partial charge in [-0.05, 0) is 36.8 Å². The Hall–Kier alpha value is -1.84. The molecule has 0 bridgehead atoms. The highest BCUT2D eigenvalue weighted by molar-refractivity contribution is 5.86. The number of nitrogens with one attached hydrogen (secondary N) is 1. The fourth-order valence-electron chi connectivity index (χ4n) is 3.52. The summed E-state index contributed by atoms with van der Waals surface area (Å²) in [4.78, 5) is 4.46. The minimum absolute atomic E-state index is 0. The standard InChI is InChI=1S/C19H21N3.ClH/c1-14-5-6-18-16(12-14)17-13-20-10-7-19(17)22(18)11-8-15-4-2-3-9-21-15;/h2-6,9,12,20H,7-8,10-11,13H2,1H3;1H. The quantitative estimate of drug-likeness (QED) is 0.795. The first-order valence-corrected chi connectivity index (χ1v) is 8.04. The lowest BCUT2D eigenvalue weighted by atomic mass is 10.0. The number of aromatic nitrogens is 2. The first-order valence-electron chi connectivity index (χ1n) is 8.04. The molecular formula is C19H22ClN3. The average molecular weight is 328 g/mol. The maximum atomic E-state index is 4.46. The molecule has 4 rings (SSSR count). The van der Waals surface area contributed by atoms with E-state index in [1.807, 2.05) is 12.3 Å². The van der Waals surface area contributed by atoms with Crippen LogP contribution in [-0.4, -0.2) is 16.1 Å². The molecule has 120 valence electrons. The summed E-state index contributed by atoms with van der Waals surface area (Å²) >= 11 is 0. The summed E-state index contributed by atoms with van der Waals surface area (Å²) in [6.07, 6.45) is 3.98. The predicted octanol–water partition coefficient (Wildman–Crippen LogP) is 3.65. The molecule has 1 aliphatic heterocycles. The first-order chi connectivity index (χ1) is 10.8. The second-order valence-electron chi connectivity index (χ2n) is 6.10. The van der Waals surface area contributed by atoms with E-state index in [4.69, 9.17) is 0 Å². The fourth-order valence-corrected chi connectivity index (χ4v) is 3.52. The fraction of sp³-hybridized carbons (Fsp3) is 0.316. The van der Waals surface area contributed by atoms with Crippen LogP contribution in [0.2, 0.25) is 0 Å². The van der Waals surface area contributed by atoms with E-state index in [-0.39, 0.29) is 12.4 Å². The SMILES string of the molecule is Cc1ccc2c(c1)c1c(n2CCc2ccccn2)CCNC1.Cl. The van der Waals surface area contributed by atoms with Crippen LogP contribution in [-0.2, 0) is 25.9 Å². The molecule has 1 N–H and O–H groups in total. The summed E-state index contributed by atoms with van der Waals surface area (Å²) in [5.41, 5.74) is 6.87. The molecule has 2 aromatic heterocycles. The van der Waals surface area contributed by atoms with Gasteiger partial charge in [0.1, 0.15) is 0 Å². The number of rotatable bonds is 3. The van der Waals surface area contributed by atoms with Crippen molar-refractivity contribution >= 4 is 23.3 Å². The number of pyridine rings is 1. The van der Waals surface area contributed by atoms with Crippen LogP contribution in [0.3, 0.4) is 0 Å². The molecule has 0 amide bonds. The Kier molecular flexibility index (Phi) is 4.69. The summed E-state index contributed by atoms with van der Waals surface area (Å²) in [5, 5.41) is 4.93. The molecule has 0 saturated heterocycles. The molecular weight excluding hydrogens is 306 g/mol. The van der Waals surface area contributed by atoms with Crippen LogP contribution in [0.5, 0.6) is 0 Å². The number of nitrogens with zero attached hydrogens (tertiary/aromatic N) is 2. The summed E-state index contributed by atoms with van der Waals surface area (Å²) in [5.74, 6) is 0. The Bertz CT molecular complexity index is 808. The first kappa shape index (κ1) is 16.0. The number of benzene rings is 1. The third kappa shape index (κ3) is 2.99. The monoisotopic (exact) mass is 327 g/mol. The van der Waals surface area contributed by atoms with Gasteiger partial charge in [-0.1, -0.05) is 17.7 Å². The van der Waals surface area contributed by atoms with Crippen molar-refractivity contribution in [3.8, 4) is 0 Å². The van der Waals surface area contributed by atoms with E-state index >= 15 is 0 Å². The Morgan fingerprint density at radius 2 is 2.13 bits per heavy atom. The Labute approximate surface area is 143 Å². The highest BCUT2D eigenvalue weighted by Gasteiger charge is 2.19. The van der Waals surface area contributed by atoms with Gasteiger partial charge in [0.2, 0.25) is 0 Å². The normalized spacial score (nSPS) is 13.6. The zero-order valence-corrected chi connectivity index (χ0v) is 14.2. The third-order valence-electron chi connectivity index (χ3n) is 4.60. The van der Waals surface area contributed by atoms with Gasteiger partial charge in [0, 0.05) is 61.0 Å². The van der Waals surface area contributed by atoms with Crippen LogP contribution in [0.4, 0.5) is 0 Å². The van der Waals surface area contributed by atoms with E-state index in [1.165, 1.54) is 33.4 Å². The lowest BCUT2D eigenvalue weighted by Crippen LogP contribution is -2.24. The van der Waals surface area contributed by atoms with Crippen molar-refractivity contribution in [2.24, 2.45) is 0 Å². The molecule has 23 heavy (non-hydrogen) atoms. The smallest absolute Gasteiger partial charge is 0.0486 e. The van der Waals surface area contributed by atoms with Crippen molar-refractivity contribution in [3.63, 3.8) is 0 Å². The Morgan fingerprint density at radius 3 is 2.96 bits per heavy atom. The number of hydrogen-bond donors (Lipinski definition) is 1. The lowest BCUT2D eigenvalue weighted by Gasteiger charge is -2.17.